The molecule has 4 rings (SSSR count). The van der Waals surface area contributed by atoms with Crippen LogP contribution in [0.3, 0.4) is 0 Å². The number of benzene rings is 2. The highest BCUT2D eigenvalue weighted by atomic mass is 32.1. The van der Waals surface area contributed by atoms with Crippen LogP contribution in [0, 0.1) is 17.8 Å². The van der Waals surface area contributed by atoms with E-state index in [1.807, 2.05) is 11.3 Å². The van der Waals surface area contributed by atoms with E-state index < -0.39 is 16.1 Å². The molecule has 2 aromatic carbocycles. The van der Waals surface area contributed by atoms with Crippen LogP contribution in [0.4, 0.5) is 0 Å². The van der Waals surface area contributed by atoms with Gasteiger partial charge in [-0.25, -0.2) is 0 Å². The summed E-state index contributed by atoms with van der Waals surface area (Å²) in [5, 5.41) is 0. The SMILES string of the molecule is C#CC1Oc2c([Si](C)(C)C)sc([Si](C)(C)C)c2OCC1(Cc1ccccc1)Cc1ccccc1. The van der Waals surface area contributed by atoms with E-state index in [2.05, 4.69) is 106 Å². The van der Waals surface area contributed by atoms with Gasteiger partial charge in [-0.1, -0.05) is 106 Å². The molecule has 0 saturated carbocycles. The Morgan fingerprint density at radius 3 is 1.74 bits per heavy atom. The van der Waals surface area contributed by atoms with Gasteiger partial charge in [-0.3, -0.25) is 0 Å². The third-order valence-corrected chi connectivity index (χ3v) is 14.7. The maximum Gasteiger partial charge on any atom is 0.172 e. The van der Waals surface area contributed by atoms with Gasteiger partial charge in [0.1, 0.15) is 0 Å². The zero-order chi connectivity index (χ0) is 24.6. The summed E-state index contributed by atoms with van der Waals surface area (Å²) < 4.78 is 16.5. The van der Waals surface area contributed by atoms with Gasteiger partial charge in [0.25, 0.3) is 0 Å². The number of hydrogen-bond donors (Lipinski definition) is 0. The Morgan fingerprint density at radius 2 is 1.29 bits per heavy atom. The minimum Gasteiger partial charge on any atom is -0.488 e. The summed E-state index contributed by atoms with van der Waals surface area (Å²) in [6.07, 6.45) is 7.48. The van der Waals surface area contributed by atoms with Crippen molar-refractivity contribution in [1.82, 2.24) is 0 Å². The molecular formula is C29H36O2SSi2. The third kappa shape index (κ3) is 5.05. The second-order valence-corrected chi connectivity index (χ2v) is 23.3. The minimum atomic E-state index is -1.66. The van der Waals surface area contributed by atoms with Crippen LogP contribution >= 0.6 is 11.3 Å². The van der Waals surface area contributed by atoms with Gasteiger partial charge in [0.15, 0.2) is 17.6 Å². The topological polar surface area (TPSA) is 18.5 Å². The highest BCUT2D eigenvalue weighted by molar-refractivity contribution is 7.36. The number of rotatable bonds is 6. The Bertz CT molecular complexity index is 1120. The number of hydrogen-bond acceptors (Lipinski definition) is 3. The van der Waals surface area contributed by atoms with Gasteiger partial charge in [-0.2, -0.15) is 0 Å². The Hall–Kier alpha value is -2.27. The summed E-state index contributed by atoms with van der Waals surface area (Å²) in [4.78, 5) is 0. The zero-order valence-electron chi connectivity index (χ0n) is 21.3. The predicted molar refractivity (Wildman–Crippen MR) is 152 cm³/mol. The Labute approximate surface area is 211 Å². The van der Waals surface area contributed by atoms with Crippen LogP contribution in [0.25, 0.3) is 0 Å². The summed E-state index contributed by atoms with van der Waals surface area (Å²) in [6, 6.07) is 21.2. The van der Waals surface area contributed by atoms with Crippen LogP contribution < -0.4 is 18.5 Å². The van der Waals surface area contributed by atoms with E-state index in [1.54, 1.807) is 0 Å². The molecule has 0 amide bonds. The van der Waals surface area contributed by atoms with Crippen molar-refractivity contribution in [2.45, 2.75) is 58.2 Å². The van der Waals surface area contributed by atoms with Crippen molar-refractivity contribution in [2.75, 3.05) is 6.61 Å². The van der Waals surface area contributed by atoms with Crippen LogP contribution in [0.2, 0.25) is 39.3 Å². The lowest BCUT2D eigenvalue weighted by atomic mass is 9.73. The molecule has 1 aliphatic rings. The fraction of sp³-hybridized carbons (Fsp3) is 0.379. The second-order valence-electron chi connectivity index (χ2n) is 11.6. The number of thiophene rings is 1. The van der Waals surface area contributed by atoms with Crippen LogP contribution in [0.1, 0.15) is 11.1 Å². The number of ether oxygens (including phenoxy) is 2. The van der Waals surface area contributed by atoms with Crippen molar-refractivity contribution in [3.63, 3.8) is 0 Å². The van der Waals surface area contributed by atoms with E-state index in [-0.39, 0.29) is 11.5 Å². The van der Waals surface area contributed by atoms with Gasteiger partial charge >= 0.3 is 0 Å². The van der Waals surface area contributed by atoms with E-state index >= 15 is 0 Å². The van der Waals surface area contributed by atoms with Gasteiger partial charge in [0.05, 0.1) is 28.2 Å². The predicted octanol–water partition coefficient (Wildman–Crippen LogP) is 6.08. The summed E-state index contributed by atoms with van der Waals surface area (Å²) in [5.41, 5.74) is 2.14. The lowest BCUT2D eigenvalue weighted by Gasteiger charge is -2.36. The fourth-order valence-electron chi connectivity index (χ4n) is 4.73. The van der Waals surface area contributed by atoms with Gasteiger partial charge in [0, 0.05) is 9.00 Å². The maximum absolute atomic E-state index is 6.91. The first-order valence-corrected chi connectivity index (χ1v) is 19.9. The molecule has 5 heteroatoms. The van der Waals surface area contributed by atoms with Crippen molar-refractivity contribution in [2.24, 2.45) is 5.41 Å². The van der Waals surface area contributed by atoms with Crippen molar-refractivity contribution in [1.29, 1.82) is 0 Å². The first kappa shape index (κ1) is 24.8. The quantitative estimate of drug-likeness (QED) is 0.299. The van der Waals surface area contributed by atoms with Crippen LogP contribution in [0.5, 0.6) is 11.5 Å². The zero-order valence-corrected chi connectivity index (χ0v) is 24.1. The summed E-state index contributed by atoms with van der Waals surface area (Å²) in [7, 11) is -3.30. The average molecular weight is 505 g/mol. The van der Waals surface area contributed by atoms with Crippen LogP contribution in [0.15, 0.2) is 60.7 Å². The molecule has 3 aromatic rings. The normalized spacial score (nSPS) is 17.6. The standard InChI is InChI=1S/C29H36O2SSi2/c1-8-24-29(19-22-15-11-9-12-16-22,20-23-17-13-10-14-18-23)21-30-25-26(31-24)28(34(5,6)7)32-27(25)33(2,3)4/h1,9-18,24H,19-21H2,2-7H3. The van der Waals surface area contributed by atoms with Crippen molar-refractivity contribution in [3.05, 3.63) is 71.8 Å². The van der Waals surface area contributed by atoms with Crippen molar-refractivity contribution >= 4 is 36.5 Å². The van der Waals surface area contributed by atoms with Gasteiger partial charge < -0.3 is 9.47 Å². The molecule has 1 atom stereocenters. The molecule has 0 aliphatic carbocycles. The van der Waals surface area contributed by atoms with Gasteiger partial charge in [0.2, 0.25) is 0 Å². The third-order valence-electron chi connectivity index (χ3n) is 6.43. The van der Waals surface area contributed by atoms with E-state index in [4.69, 9.17) is 15.9 Å². The Kier molecular flexibility index (Phi) is 6.88. The minimum absolute atomic E-state index is 0.373. The smallest absolute Gasteiger partial charge is 0.172 e. The second kappa shape index (κ2) is 9.41. The summed E-state index contributed by atoms with van der Waals surface area (Å²) >= 11 is 1.92. The molecule has 0 spiro atoms. The molecule has 1 aromatic heterocycles. The molecule has 0 bridgehead atoms. The van der Waals surface area contributed by atoms with Gasteiger partial charge in [-0.05, 0) is 24.0 Å². The molecule has 34 heavy (non-hydrogen) atoms. The van der Waals surface area contributed by atoms with Crippen LogP contribution in [-0.2, 0) is 12.8 Å². The van der Waals surface area contributed by atoms with Gasteiger partial charge in [-0.15, -0.1) is 17.8 Å². The van der Waals surface area contributed by atoms with Crippen molar-refractivity contribution in [3.8, 4) is 23.8 Å². The molecule has 0 saturated heterocycles. The Balaban J connectivity index is 1.85. The molecule has 178 valence electrons. The highest BCUT2D eigenvalue weighted by Gasteiger charge is 2.46. The van der Waals surface area contributed by atoms with E-state index in [0.717, 1.165) is 24.3 Å². The van der Waals surface area contributed by atoms with E-state index in [0.29, 0.717) is 6.61 Å². The molecule has 1 aliphatic heterocycles. The summed E-state index contributed by atoms with van der Waals surface area (Å²) in [6.45, 7) is 14.9. The largest absolute Gasteiger partial charge is 0.488 e. The molecule has 2 nitrogen and oxygen atoms in total. The average Bonchev–Trinajstić information content (AvgIpc) is 3.10. The number of fused-ring (bicyclic) bond motifs is 1. The molecular weight excluding hydrogens is 469 g/mol. The Morgan fingerprint density at radius 1 is 0.824 bits per heavy atom. The monoisotopic (exact) mass is 504 g/mol. The fourth-order valence-corrected chi connectivity index (χ4v) is 10.5. The first-order valence-electron chi connectivity index (χ1n) is 12.0. The maximum atomic E-state index is 6.91. The highest BCUT2D eigenvalue weighted by Crippen LogP contribution is 2.43. The lowest BCUT2D eigenvalue weighted by Crippen LogP contribution is -2.47. The molecule has 2 heterocycles. The lowest BCUT2D eigenvalue weighted by molar-refractivity contribution is 0.0626. The summed E-state index contributed by atoms with van der Waals surface area (Å²) in [5.74, 6) is 4.99. The number of terminal acetylenes is 1. The molecule has 0 radical (unpaired) electrons. The van der Waals surface area contributed by atoms with Crippen LogP contribution in [-0.4, -0.2) is 28.9 Å². The molecule has 1 unspecified atom stereocenters. The van der Waals surface area contributed by atoms with Crippen molar-refractivity contribution < 1.29 is 9.47 Å². The first-order chi connectivity index (χ1) is 16.0. The van der Waals surface area contributed by atoms with E-state index in [1.165, 1.54) is 20.1 Å². The molecule has 0 fully saturated rings. The van der Waals surface area contributed by atoms with E-state index in [9.17, 15) is 0 Å². The molecule has 0 N–H and O–H groups in total.